The number of likely N-dealkylation sites (tertiary alicyclic amines) is 1. The minimum Gasteiger partial charge on any atom is -0.497 e. The van der Waals surface area contributed by atoms with Crippen LogP contribution < -0.4 is 10.1 Å². The summed E-state index contributed by atoms with van der Waals surface area (Å²) in [5, 5.41) is 7.36. The van der Waals surface area contributed by atoms with Crippen LogP contribution in [0.25, 0.3) is 0 Å². The molecule has 1 aromatic carbocycles. The summed E-state index contributed by atoms with van der Waals surface area (Å²) in [5.74, 6) is 3.25. The molecule has 2 heterocycles. The Morgan fingerprint density at radius 3 is 2.86 bits per heavy atom. The average Bonchev–Trinajstić information content (AvgIpc) is 2.99. The second-order valence-corrected chi connectivity index (χ2v) is 7.71. The summed E-state index contributed by atoms with van der Waals surface area (Å²) < 4.78 is 7.08. The van der Waals surface area contributed by atoms with Gasteiger partial charge in [-0.25, -0.2) is 4.98 Å². The standard InChI is InChI=1S/C21H31N5O2/c1-15-12-18(28-4)8-9-19(15)23-21(27)10-7-17-6-5-11-26(13-17)14-20-22-16(2)24-25(20)3/h8-9,12,17H,5-7,10-11,13-14H2,1-4H3,(H,23,27)/t17-/m1/s1. The van der Waals surface area contributed by atoms with E-state index in [0.717, 1.165) is 54.7 Å². The molecule has 1 aliphatic heterocycles. The highest BCUT2D eigenvalue weighted by Gasteiger charge is 2.22. The molecule has 1 amide bonds. The molecule has 0 bridgehead atoms. The highest BCUT2D eigenvalue weighted by atomic mass is 16.5. The Labute approximate surface area is 167 Å². The smallest absolute Gasteiger partial charge is 0.224 e. The molecule has 0 saturated carbocycles. The van der Waals surface area contributed by atoms with Crippen molar-refractivity contribution in [2.24, 2.45) is 13.0 Å². The molecule has 7 nitrogen and oxygen atoms in total. The average molecular weight is 386 g/mol. The number of aromatic nitrogens is 3. The third kappa shape index (κ3) is 5.32. The van der Waals surface area contributed by atoms with Gasteiger partial charge in [-0.3, -0.25) is 14.4 Å². The fraction of sp³-hybridized carbons (Fsp3) is 0.571. The van der Waals surface area contributed by atoms with Crippen LogP contribution >= 0.6 is 0 Å². The molecule has 28 heavy (non-hydrogen) atoms. The molecule has 0 unspecified atom stereocenters. The van der Waals surface area contributed by atoms with E-state index in [1.165, 1.54) is 12.8 Å². The number of methoxy groups -OCH3 is 1. The molecule has 0 aliphatic carbocycles. The first-order chi connectivity index (χ1) is 13.4. The second kappa shape index (κ2) is 9.19. The van der Waals surface area contributed by atoms with Crippen LogP contribution in [0.4, 0.5) is 5.69 Å². The Morgan fingerprint density at radius 1 is 1.36 bits per heavy atom. The molecule has 0 spiro atoms. The number of benzene rings is 1. The number of piperidine rings is 1. The molecule has 1 atom stereocenters. The quantitative estimate of drug-likeness (QED) is 0.793. The molecule has 0 radical (unpaired) electrons. The number of nitrogens with one attached hydrogen (secondary N) is 1. The van der Waals surface area contributed by atoms with E-state index in [2.05, 4.69) is 20.3 Å². The largest absolute Gasteiger partial charge is 0.497 e. The highest BCUT2D eigenvalue weighted by molar-refractivity contribution is 5.91. The van der Waals surface area contributed by atoms with Crippen LogP contribution in [-0.4, -0.2) is 45.8 Å². The van der Waals surface area contributed by atoms with Gasteiger partial charge in [-0.1, -0.05) is 0 Å². The van der Waals surface area contributed by atoms with Gasteiger partial charge in [0, 0.05) is 25.7 Å². The second-order valence-electron chi connectivity index (χ2n) is 7.71. The van der Waals surface area contributed by atoms with Gasteiger partial charge in [0.2, 0.25) is 5.91 Å². The SMILES string of the molecule is COc1ccc(NC(=O)CC[C@H]2CCCN(Cc3nc(C)nn3C)C2)c(C)c1. The van der Waals surface area contributed by atoms with E-state index >= 15 is 0 Å². The van der Waals surface area contributed by atoms with Crippen molar-refractivity contribution in [1.82, 2.24) is 19.7 Å². The lowest BCUT2D eigenvalue weighted by Crippen LogP contribution is -2.36. The number of rotatable bonds is 7. The van der Waals surface area contributed by atoms with Crippen LogP contribution in [0.2, 0.25) is 0 Å². The van der Waals surface area contributed by atoms with Crippen molar-refractivity contribution in [1.29, 1.82) is 0 Å². The van der Waals surface area contributed by atoms with Gasteiger partial charge in [0.1, 0.15) is 17.4 Å². The number of carbonyl (C=O) groups is 1. The number of aryl methyl sites for hydroxylation is 3. The lowest BCUT2D eigenvalue weighted by atomic mass is 9.93. The van der Waals surface area contributed by atoms with Crippen LogP contribution in [0, 0.1) is 19.8 Å². The summed E-state index contributed by atoms with van der Waals surface area (Å²) in [5.41, 5.74) is 1.87. The fourth-order valence-electron chi connectivity index (χ4n) is 3.88. The maximum absolute atomic E-state index is 12.4. The van der Waals surface area contributed by atoms with Gasteiger partial charge >= 0.3 is 0 Å². The van der Waals surface area contributed by atoms with Gasteiger partial charge in [0.15, 0.2) is 0 Å². The summed E-state index contributed by atoms with van der Waals surface area (Å²) in [6.07, 6.45) is 3.81. The van der Waals surface area contributed by atoms with Crippen molar-refractivity contribution in [3.63, 3.8) is 0 Å². The van der Waals surface area contributed by atoms with Crippen molar-refractivity contribution in [2.75, 3.05) is 25.5 Å². The Bertz CT molecular complexity index is 817. The lowest BCUT2D eigenvalue weighted by Gasteiger charge is -2.32. The van der Waals surface area contributed by atoms with Crippen molar-refractivity contribution in [3.05, 3.63) is 35.4 Å². The number of hydrogen-bond acceptors (Lipinski definition) is 5. The molecule has 7 heteroatoms. The first-order valence-electron chi connectivity index (χ1n) is 9.98. The first kappa shape index (κ1) is 20.3. The molecular formula is C21H31N5O2. The van der Waals surface area contributed by atoms with Gasteiger partial charge in [0.05, 0.1) is 13.7 Å². The van der Waals surface area contributed by atoms with Crippen LogP contribution in [0.15, 0.2) is 18.2 Å². The van der Waals surface area contributed by atoms with E-state index in [1.54, 1.807) is 7.11 Å². The fourth-order valence-corrected chi connectivity index (χ4v) is 3.88. The Hall–Kier alpha value is -2.41. The molecule has 1 aromatic heterocycles. The summed E-state index contributed by atoms with van der Waals surface area (Å²) in [6.45, 7) is 6.82. The third-order valence-electron chi connectivity index (χ3n) is 5.41. The zero-order chi connectivity index (χ0) is 20.1. The molecular weight excluding hydrogens is 354 g/mol. The number of nitrogens with zero attached hydrogens (tertiary/aromatic N) is 4. The van der Waals surface area contributed by atoms with E-state index in [1.807, 2.05) is 43.8 Å². The molecule has 1 saturated heterocycles. The lowest BCUT2D eigenvalue weighted by molar-refractivity contribution is -0.116. The van der Waals surface area contributed by atoms with Crippen molar-refractivity contribution in [3.8, 4) is 5.75 Å². The summed E-state index contributed by atoms with van der Waals surface area (Å²) in [4.78, 5) is 19.3. The molecule has 2 aromatic rings. The number of amides is 1. The zero-order valence-corrected chi connectivity index (χ0v) is 17.4. The number of ether oxygens (including phenoxy) is 1. The van der Waals surface area contributed by atoms with E-state index in [4.69, 9.17) is 4.74 Å². The Morgan fingerprint density at radius 2 is 2.18 bits per heavy atom. The topological polar surface area (TPSA) is 72.3 Å². The predicted molar refractivity (Wildman–Crippen MR) is 109 cm³/mol. The van der Waals surface area contributed by atoms with Gasteiger partial charge < -0.3 is 10.1 Å². The summed E-state index contributed by atoms with van der Waals surface area (Å²) in [7, 11) is 3.59. The van der Waals surface area contributed by atoms with Gasteiger partial charge in [-0.2, -0.15) is 5.10 Å². The summed E-state index contributed by atoms with van der Waals surface area (Å²) in [6, 6.07) is 5.70. The Kier molecular flexibility index (Phi) is 6.67. The van der Waals surface area contributed by atoms with Crippen LogP contribution in [0.3, 0.4) is 0 Å². The van der Waals surface area contributed by atoms with Crippen LogP contribution in [-0.2, 0) is 18.4 Å². The third-order valence-corrected chi connectivity index (χ3v) is 5.41. The molecule has 1 aliphatic rings. The normalized spacial score (nSPS) is 17.5. The van der Waals surface area contributed by atoms with Gasteiger partial charge in [-0.15, -0.1) is 0 Å². The minimum atomic E-state index is 0.0781. The maximum Gasteiger partial charge on any atom is 0.224 e. The highest BCUT2D eigenvalue weighted by Crippen LogP contribution is 2.24. The molecule has 3 rings (SSSR count). The molecule has 152 valence electrons. The van der Waals surface area contributed by atoms with Crippen molar-refractivity contribution < 1.29 is 9.53 Å². The first-order valence-corrected chi connectivity index (χ1v) is 9.98. The minimum absolute atomic E-state index is 0.0781. The monoisotopic (exact) mass is 385 g/mol. The van der Waals surface area contributed by atoms with Crippen LogP contribution in [0.1, 0.15) is 42.9 Å². The predicted octanol–water partition coefficient (Wildman–Crippen LogP) is 3.07. The number of carbonyl (C=O) groups excluding carboxylic acids is 1. The van der Waals surface area contributed by atoms with Gasteiger partial charge in [0.25, 0.3) is 0 Å². The van der Waals surface area contributed by atoms with E-state index in [-0.39, 0.29) is 5.91 Å². The van der Waals surface area contributed by atoms with E-state index in [0.29, 0.717) is 12.3 Å². The van der Waals surface area contributed by atoms with Gasteiger partial charge in [-0.05, 0) is 69.3 Å². The maximum atomic E-state index is 12.4. The van der Waals surface area contributed by atoms with E-state index in [9.17, 15) is 4.79 Å². The molecule has 1 N–H and O–H groups in total. The van der Waals surface area contributed by atoms with Crippen molar-refractivity contribution in [2.45, 2.75) is 46.1 Å². The number of anilines is 1. The Balaban J connectivity index is 1.47. The van der Waals surface area contributed by atoms with Crippen molar-refractivity contribution >= 4 is 11.6 Å². The zero-order valence-electron chi connectivity index (χ0n) is 17.4. The molecule has 1 fully saturated rings. The van der Waals surface area contributed by atoms with Crippen LogP contribution in [0.5, 0.6) is 5.75 Å². The van der Waals surface area contributed by atoms with E-state index < -0.39 is 0 Å². The summed E-state index contributed by atoms with van der Waals surface area (Å²) >= 11 is 0. The number of hydrogen-bond donors (Lipinski definition) is 1.